The number of nitrogens with zero attached hydrogens (tertiary/aromatic N) is 4. The lowest BCUT2D eigenvalue weighted by Gasteiger charge is -2.38. The molecule has 0 aromatic carbocycles. The summed E-state index contributed by atoms with van der Waals surface area (Å²) in [6.45, 7) is 8.30. The highest BCUT2D eigenvalue weighted by Gasteiger charge is 2.31. The second-order valence-corrected chi connectivity index (χ2v) is 9.57. The summed E-state index contributed by atoms with van der Waals surface area (Å²) in [5, 5.41) is 5.76. The standard InChI is InChI=1S/C22H35N5O2S.HI/c1-23-22(27-12-10-26(11-13-27)21(28)20-5-2-14-29-20)24-16-18-6-8-25(9-7-18)17-19-4-3-15-30-19;/h3-4,15,18,20H,2,5-14,16-17H2,1H3,(H,23,24);1H. The molecule has 0 spiro atoms. The van der Waals surface area contributed by atoms with E-state index in [1.807, 2.05) is 23.3 Å². The van der Waals surface area contributed by atoms with Crippen molar-refractivity contribution in [1.29, 1.82) is 0 Å². The molecule has 3 aliphatic rings. The molecule has 0 saturated carbocycles. The molecule has 0 bridgehead atoms. The van der Waals surface area contributed by atoms with Gasteiger partial charge < -0.3 is 19.9 Å². The molecule has 4 heterocycles. The Morgan fingerprint density at radius 2 is 1.90 bits per heavy atom. The molecule has 1 aromatic heterocycles. The Morgan fingerprint density at radius 1 is 1.16 bits per heavy atom. The minimum absolute atomic E-state index is 0. The van der Waals surface area contributed by atoms with Gasteiger partial charge in [-0.1, -0.05) is 6.07 Å². The van der Waals surface area contributed by atoms with Gasteiger partial charge in [0.2, 0.25) is 0 Å². The lowest BCUT2D eigenvalue weighted by atomic mass is 9.97. The minimum Gasteiger partial charge on any atom is -0.368 e. The van der Waals surface area contributed by atoms with Crippen molar-refractivity contribution in [3.63, 3.8) is 0 Å². The smallest absolute Gasteiger partial charge is 0.251 e. The molecule has 1 amide bonds. The Morgan fingerprint density at radius 3 is 2.52 bits per heavy atom. The molecule has 31 heavy (non-hydrogen) atoms. The van der Waals surface area contributed by atoms with Crippen molar-refractivity contribution in [3.8, 4) is 0 Å². The Balaban J connectivity index is 0.00000272. The van der Waals surface area contributed by atoms with Gasteiger partial charge >= 0.3 is 0 Å². The topological polar surface area (TPSA) is 60.4 Å². The van der Waals surface area contributed by atoms with Gasteiger partial charge in [0.15, 0.2) is 5.96 Å². The van der Waals surface area contributed by atoms with Gasteiger partial charge in [-0.25, -0.2) is 0 Å². The van der Waals surface area contributed by atoms with E-state index in [4.69, 9.17) is 4.74 Å². The first kappa shape index (κ1) is 24.7. The summed E-state index contributed by atoms with van der Waals surface area (Å²) < 4.78 is 5.56. The van der Waals surface area contributed by atoms with Crippen LogP contribution in [0.4, 0.5) is 0 Å². The quantitative estimate of drug-likeness (QED) is 0.340. The van der Waals surface area contributed by atoms with Crippen molar-refractivity contribution in [1.82, 2.24) is 20.0 Å². The Kier molecular flexibility index (Phi) is 9.86. The Labute approximate surface area is 207 Å². The maximum Gasteiger partial charge on any atom is 0.251 e. The van der Waals surface area contributed by atoms with Crippen LogP contribution in [0.2, 0.25) is 0 Å². The van der Waals surface area contributed by atoms with Crippen LogP contribution in [0.3, 0.4) is 0 Å². The van der Waals surface area contributed by atoms with Crippen molar-refractivity contribution in [2.75, 3.05) is 59.5 Å². The third-order valence-corrected chi connectivity index (χ3v) is 7.38. The van der Waals surface area contributed by atoms with Crippen LogP contribution in [-0.4, -0.2) is 92.1 Å². The number of likely N-dealkylation sites (tertiary alicyclic amines) is 1. The maximum absolute atomic E-state index is 12.5. The van der Waals surface area contributed by atoms with Crippen LogP contribution in [0.15, 0.2) is 22.5 Å². The first-order chi connectivity index (χ1) is 14.7. The van der Waals surface area contributed by atoms with E-state index in [0.717, 1.165) is 64.7 Å². The second kappa shape index (κ2) is 12.4. The summed E-state index contributed by atoms with van der Waals surface area (Å²) >= 11 is 1.85. The van der Waals surface area contributed by atoms with Gasteiger partial charge in [0.1, 0.15) is 6.10 Å². The van der Waals surface area contributed by atoms with Gasteiger partial charge in [-0.3, -0.25) is 14.7 Å². The zero-order chi connectivity index (χ0) is 20.8. The number of hydrogen-bond donors (Lipinski definition) is 1. The lowest BCUT2D eigenvalue weighted by Crippen LogP contribution is -2.55. The van der Waals surface area contributed by atoms with E-state index in [2.05, 4.69) is 37.6 Å². The summed E-state index contributed by atoms with van der Waals surface area (Å²) in [6.07, 6.45) is 4.13. The summed E-state index contributed by atoms with van der Waals surface area (Å²) in [4.78, 5) is 25.3. The van der Waals surface area contributed by atoms with E-state index in [-0.39, 0.29) is 36.0 Å². The summed E-state index contributed by atoms with van der Waals surface area (Å²) in [5.41, 5.74) is 0. The fraction of sp³-hybridized carbons (Fsp3) is 0.727. The Bertz CT molecular complexity index is 695. The molecule has 3 saturated heterocycles. The third-order valence-electron chi connectivity index (χ3n) is 6.52. The number of nitrogens with one attached hydrogen (secondary N) is 1. The number of thiophene rings is 1. The average Bonchev–Trinajstić information content (AvgIpc) is 3.50. The molecule has 9 heteroatoms. The Hall–Kier alpha value is -0.910. The highest BCUT2D eigenvalue weighted by molar-refractivity contribution is 14.0. The second-order valence-electron chi connectivity index (χ2n) is 8.54. The van der Waals surface area contributed by atoms with Gasteiger partial charge in [-0.05, 0) is 56.1 Å². The zero-order valence-electron chi connectivity index (χ0n) is 18.5. The monoisotopic (exact) mass is 561 g/mol. The number of rotatable bonds is 5. The molecule has 3 aliphatic heterocycles. The van der Waals surface area contributed by atoms with Crippen molar-refractivity contribution in [2.24, 2.45) is 10.9 Å². The zero-order valence-corrected chi connectivity index (χ0v) is 21.6. The van der Waals surface area contributed by atoms with Gasteiger partial charge in [0.25, 0.3) is 5.91 Å². The fourth-order valence-corrected chi connectivity index (χ4v) is 5.40. The molecule has 1 aromatic rings. The SMILES string of the molecule is CN=C(NCC1CCN(Cc2cccs2)CC1)N1CCN(C(=O)C2CCCO2)CC1.I. The first-order valence-electron chi connectivity index (χ1n) is 11.3. The van der Waals surface area contributed by atoms with Crippen LogP contribution in [0, 0.1) is 5.92 Å². The first-order valence-corrected chi connectivity index (χ1v) is 12.2. The fourth-order valence-electron chi connectivity index (χ4n) is 4.65. The van der Waals surface area contributed by atoms with Gasteiger partial charge in [-0.2, -0.15) is 0 Å². The van der Waals surface area contributed by atoms with E-state index >= 15 is 0 Å². The molecule has 0 radical (unpaired) electrons. The van der Waals surface area contributed by atoms with Crippen LogP contribution < -0.4 is 5.32 Å². The largest absolute Gasteiger partial charge is 0.368 e. The normalized spacial score (nSPS) is 23.6. The van der Waals surface area contributed by atoms with Crippen LogP contribution in [0.25, 0.3) is 0 Å². The van der Waals surface area contributed by atoms with E-state index in [0.29, 0.717) is 5.92 Å². The lowest BCUT2D eigenvalue weighted by molar-refractivity contribution is -0.142. The van der Waals surface area contributed by atoms with Gasteiger partial charge in [0, 0.05) is 57.8 Å². The summed E-state index contributed by atoms with van der Waals surface area (Å²) in [5.74, 6) is 1.84. The number of ether oxygens (including phenoxy) is 1. The number of amides is 1. The molecular weight excluding hydrogens is 525 g/mol. The van der Waals surface area contributed by atoms with Crippen molar-refractivity contribution in [3.05, 3.63) is 22.4 Å². The molecule has 0 aliphatic carbocycles. The van der Waals surface area contributed by atoms with E-state index in [1.54, 1.807) is 0 Å². The predicted molar refractivity (Wildman–Crippen MR) is 136 cm³/mol. The number of carbonyl (C=O) groups excluding carboxylic acids is 1. The van der Waals surface area contributed by atoms with E-state index < -0.39 is 0 Å². The molecule has 174 valence electrons. The number of guanidine groups is 1. The predicted octanol–water partition coefficient (Wildman–Crippen LogP) is 2.48. The third kappa shape index (κ3) is 6.79. The van der Waals surface area contributed by atoms with Crippen LogP contribution in [0.5, 0.6) is 0 Å². The number of carbonyl (C=O) groups is 1. The maximum atomic E-state index is 12.5. The molecule has 1 atom stereocenters. The van der Waals surface area contributed by atoms with Crippen LogP contribution in [-0.2, 0) is 16.1 Å². The molecule has 3 fully saturated rings. The summed E-state index contributed by atoms with van der Waals surface area (Å²) in [7, 11) is 1.86. The molecule has 1 unspecified atom stereocenters. The van der Waals surface area contributed by atoms with Crippen molar-refractivity contribution in [2.45, 2.75) is 38.3 Å². The van der Waals surface area contributed by atoms with Crippen molar-refractivity contribution < 1.29 is 9.53 Å². The van der Waals surface area contributed by atoms with Crippen LogP contribution >= 0.6 is 35.3 Å². The van der Waals surface area contributed by atoms with Gasteiger partial charge in [0.05, 0.1) is 0 Å². The average molecular weight is 562 g/mol. The number of piperidine rings is 1. The van der Waals surface area contributed by atoms with Crippen LogP contribution in [0.1, 0.15) is 30.6 Å². The van der Waals surface area contributed by atoms with Crippen molar-refractivity contribution >= 4 is 47.2 Å². The van der Waals surface area contributed by atoms with E-state index in [1.165, 1.54) is 30.8 Å². The molecule has 1 N–H and O–H groups in total. The summed E-state index contributed by atoms with van der Waals surface area (Å²) in [6, 6.07) is 4.37. The number of aliphatic imine (C=N–C) groups is 1. The minimum atomic E-state index is -0.209. The number of halogens is 1. The number of hydrogen-bond acceptors (Lipinski definition) is 5. The molecule has 4 rings (SSSR count). The highest BCUT2D eigenvalue weighted by Crippen LogP contribution is 2.20. The van der Waals surface area contributed by atoms with E-state index in [9.17, 15) is 4.79 Å². The van der Waals surface area contributed by atoms with Gasteiger partial charge in [-0.15, -0.1) is 35.3 Å². The molecular formula is C22H36IN5O2S. The highest BCUT2D eigenvalue weighted by atomic mass is 127. The molecule has 7 nitrogen and oxygen atoms in total. The number of piperazine rings is 1.